The number of carbonyl (C=O) groups excluding carboxylic acids is 2. The lowest BCUT2D eigenvalue weighted by Gasteiger charge is -2.23. The van der Waals surface area contributed by atoms with E-state index in [-0.39, 0.29) is 6.54 Å². The normalized spacial score (nSPS) is 13.9. The lowest BCUT2D eigenvalue weighted by atomic mass is 9.96. The first-order valence-corrected chi connectivity index (χ1v) is 4.79. The maximum Gasteiger partial charge on any atom is 0.309 e. The van der Waals surface area contributed by atoms with Crippen LogP contribution in [0.4, 0.5) is 0 Å². The van der Waals surface area contributed by atoms with Crippen molar-refractivity contribution in [3.05, 3.63) is 35.9 Å². The third kappa shape index (κ3) is 3.06. The molecule has 0 aliphatic heterocycles. The van der Waals surface area contributed by atoms with E-state index < -0.39 is 17.4 Å². The number of carbonyl (C=O) groups is 2. The minimum Gasteiger partial charge on any atom is -0.384 e. The fraction of sp³-hybridized carbons (Fsp3) is 0.273. The van der Waals surface area contributed by atoms with Gasteiger partial charge in [-0.1, -0.05) is 30.3 Å². The molecule has 0 saturated carbocycles. The Hall–Kier alpha value is -1.88. The number of primary amides is 1. The van der Waals surface area contributed by atoms with E-state index >= 15 is 0 Å². The predicted octanol–water partition coefficient (Wildman–Crippen LogP) is -0.504. The molecule has 0 aromatic heterocycles. The molecule has 5 nitrogen and oxygen atoms in total. The van der Waals surface area contributed by atoms with E-state index in [1.807, 2.05) is 6.07 Å². The molecule has 1 rings (SSSR count). The predicted molar refractivity (Wildman–Crippen MR) is 58.2 cm³/mol. The van der Waals surface area contributed by atoms with Crippen molar-refractivity contribution in [1.29, 1.82) is 0 Å². The molecule has 1 atom stereocenters. The van der Waals surface area contributed by atoms with Crippen molar-refractivity contribution in [3.8, 4) is 0 Å². The number of amides is 2. The molecule has 0 bridgehead atoms. The molecule has 0 fully saturated rings. The molecular weight excluding hydrogens is 208 g/mol. The summed E-state index contributed by atoms with van der Waals surface area (Å²) in [6.07, 6.45) is 0. The first-order valence-electron chi connectivity index (χ1n) is 4.79. The molecule has 0 heterocycles. The molecule has 1 unspecified atom stereocenters. The Morgan fingerprint density at radius 1 is 1.38 bits per heavy atom. The van der Waals surface area contributed by atoms with Gasteiger partial charge < -0.3 is 16.2 Å². The zero-order chi connectivity index (χ0) is 12.2. The zero-order valence-corrected chi connectivity index (χ0v) is 8.93. The van der Waals surface area contributed by atoms with Crippen LogP contribution in [0.5, 0.6) is 0 Å². The molecule has 0 aliphatic carbocycles. The summed E-state index contributed by atoms with van der Waals surface area (Å²) in [5, 5.41) is 12.3. The van der Waals surface area contributed by atoms with Gasteiger partial charge in [0.2, 0.25) is 0 Å². The van der Waals surface area contributed by atoms with Gasteiger partial charge in [0.15, 0.2) is 0 Å². The van der Waals surface area contributed by atoms with E-state index in [1.165, 1.54) is 0 Å². The van der Waals surface area contributed by atoms with Crippen LogP contribution < -0.4 is 11.1 Å². The van der Waals surface area contributed by atoms with Gasteiger partial charge in [-0.3, -0.25) is 9.59 Å². The van der Waals surface area contributed by atoms with Crippen molar-refractivity contribution >= 4 is 11.8 Å². The average molecular weight is 222 g/mol. The summed E-state index contributed by atoms with van der Waals surface area (Å²) < 4.78 is 0. The Morgan fingerprint density at radius 2 is 1.94 bits per heavy atom. The van der Waals surface area contributed by atoms with Gasteiger partial charge in [0.25, 0.3) is 0 Å². The Kier molecular flexibility index (Phi) is 3.63. The van der Waals surface area contributed by atoms with Crippen LogP contribution in [0.3, 0.4) is 0 Å². The highest BCUT2D eigenvalue weighted by Crippen LogP contribution is 2.18. The van der Waals surface area contributed by atoms with Crippen LogP contribution in [0, 0.1) is 0 Å². The van der Waals surface area contributed by atoms with Crippen LogP contribution in [-0.4, -0.2) is 23.5 Å². The Labute approximate surface area is 93.3 Å². The second-order valence-electron chi connectivity index (χ2n) is 3.69. The van der Waals surface area contributed by atoms with Gasteiger partial charge in [-0.05, 0) is 12.5 Å². The van der Waals surface area contributed by atoms with Crippen molar-refractivity contribution in [1.82, 2.24) is 5.32 Å². The third-order valence-corrected chi connectivity index (χ3v) is 2.21. The van der Waals surface area contributed by atoms with Crippen LogP contribution in [-0.2, 0) is 15.2 Å². The number of rotatable bonds is 3. The molecule has 4 N–H and O–H groups in total. The van der Waals surface area contributed by atoms with E-state index in [4.69, 9.17) is 5.73 Å². The van der Waals surface area contributed by atoms with Crippen molar-refractivity contribution in [2.75, 3.05) is 6.54 Å². The molecule has 0 saturated heterocycles. The van der Waals surface area contributed by atoms with E-state index in [0.717, 1.165) is 0 Å². The summed E-state index contributed by atoms with van der Waals surface area (Å²) in [6.45, 7) is 1.47. The van der Waals surface area contributed by atoms with E-state index in [0.29, 0.717) is 5.56 Å². The second kappa shape index (κ2) is 4.76. The highest BCUT2D eigenvalue weighted by atomic mass is 16.3. The van der Waals surface area contributed by atoms with Crippen molar-refractivity contribution in [2.45, 2.75) is 12.5 Å². The molecule has 16 heavy (non-hydrogen) atoms. The van der Waals surface area contributed by atoms with Gasteiger partial charge in [-0.2, -0.15) is 0 Å². The molecule has 1 aromatic rings. The van der Waals surface area contributed by atoms with E-state index in [9.17, 15) is 14.7 Å². The Morgan fingerprint density at radius 3 is 2.44 bits per heavy atom. The van der Waals surface area contributed by atoms with Gasteiger partial charge in [-0.25, -0.2) is 0 Å². The Bertz CT molecular complexity index is 387. The smallest absolute Gasteiger partial charge is 0.309 e. The molecule has 2 amide bonds. The zero-order valence-electron chi connectivity index (χ0n) is 8.93. The molecule has 0 radical (unpaired) electrons. The molecule has 0 spiro atoms. The lowest BCUT2D eigenvalue weighted by Crippen LogP contribution is -2.43. The van der Waals surface area contributed by atoms with E-state index in [2.05, 4.69) is 5.32 Å². The molecule has 1 aromatic carbocycles. The average Bonchev–Trinajstić information content (AvgIpc) is 2.27. The number of nitrogens with one attached hydrogen (secondary N) is 1. The van der Waals surface area contributed by atoms with Gasteiger partial charge in [-0.15, -0.1) is 0 Å². The fourth-order valence-electron chi connectivity index (χ4n) is 1.24. The van der Waals surface area contributed by atoms with Gasteiger partial charge in [0.1, 0.15) is 5.60 Å². The van der Waals surface area contributed by atoms with Crippen LogP contribution in [0.2, 0.25) is 0 Å². The van der Waals surface area contributed by atoms with Crippen LogP contribution >= 0.6 is 0 Å². The molecule has 5 heteroatoms. The number of nitrogens with two attached hydrogens (primary N) is 1. The van der Waals surface area contributed by atoms with Crippen molar-refractivity contribution in [2.24, 2.45) is 5.73 Å². The van der Waals surface area contributed by atoms with Gasteiger partial charge in [0.05, 0.1) is 6.54 Å². The minimum atomic E-state index is -1.23. The fourth-order valence-corrected chi connectivity index (χ4v) is 1.24. The highest BCUT2D eigenvalue weighted by Gasteiger charge is 2.24. The lowest BCUT2D eigenvalue weighted by molar-refractivity contribution is -0.137. The first-order chi connectivity index (χ1) is 7.43. The third-order valence-electron chi connectivity index (χ3n) is 2.21. The summed E-state index contributed by atoms with van der Waals surface area (Å²) >= 11 is 0. The quantitative estimate of drug-likeness (QED) is 0.602. The van der Waals surface area contributed by atoms with Crippen LogP contribution in [0.1, 0.15) is 12.5 Å². The number of aliphatic hydroxyl groups is 1. The van der Waals surface area contributed by atoms with Crippen LogP contribution in [0.25, 0.3) is 0 Å². The molecule has 0 aliphatic rings. The second-order valence-corrected chi connectivity index (χ2v) is 3.69. The largest absolute Gasteiger partial charge is 0.384 e. The maximum absolute atomic E-state index is 10.9. The highest BCUT2D eigenvalue weighted by molar-refractivity contribution is 6.34. The van der Waals surface area contributed by atoms with Crippen LogP contribution in [0.15, 0.2) is 30.3 Å². The summed E-state index contributed by atoms with van der Waals surface area (Å²) in [5.41, 5.74) is 4.19. The summed E-state index contributed by atoms with van der Waals surface area (Å²) in [4.78, 5) is 21.4. The van der Waals surface area contributed by atoms with Gasteiger partial charge >= 0.3 is 11.8 Å². The minimum absolute atomic E-state index is 0.0706. The molecular formula is C11H14N2O3. The Balaban J connectivity index is 2.66. The monoisotopic (exact) mass is 222 g/mol. The summed E-state index contributed by atoms with van der Waals surface area (Å²) in [7, 11) is 0. The van der Waals surface area contributed by atoms with Gasteiger partial charge in [0, 0.05) is 0 Å². The molecule has 86 valence electrons. The van der Waals surface area contributed by atoms with Crippen molar-refractivity contribution < 1.29 is 14.7 Å². The summed E-state index contributed by atoms with van der Waals surface area (Å²) in [5.74, 6) is -1.97. The summed E-state index contributed by atoms with van der Waals surface area (Å²) in [6, 6.07) is 8.84. The number of benzene rings is 1. The number of hydrogen-bond donors (Lipinski definition) is 3. The van der Waals surface area contributed by atoms with Crippen molar-refractivity contribution in [3.63, 3.8) is 0 Å². The first kappa shape index (κ1) is 12.2. The number of hydrogen-bond acceptors (Lipinski definition) is 3. The SMILES string of the molecule is CC(O)(CNC(=O)C(N)=O)c1ccccc1. The standard InChI is InChI=1S/C11H14N2O3/c1-11(16,7-13-10(15)9(12)14)8-5-3-2-4-6-8/h2-6,16H,7H2,1H3,(H2,12,14)(H,13,15). The topological polar surface area (TPSA) is 92.4 Å². The maximum atomic E-state index is 10.9. The van der Waals surface area contributed by atoms with E-state index in [1.54, 1.807) is 31.2 Å².